The van der Waals surface area contributed by atoms with Crippen LogP contribution >= 0.6 is 0 Å². The zero-order chi connectivity index (χ0) is 19.3. The fraction of sp³-hybridized carbons (Fsp3) is 0.400. The third-order valence-electron chi connectivity index (χ3n) is 3.35. The van der Waals surface area contributed by atoms with Crippen molar-refractivity contribution >= 4 is 21.4 Å². The van der Waals surface area contributed by atoms with Crippen LogP contribution in [0.4, 0.5) is 14.5 Å². The fourth-order valence-electron chi connectivity index (χ4n) is 2.13. The Labute approximate surface area is 149 Å². The molecule has 142 valence electrons. The molecule has 1 N–H and O–H groups in total. The lowest BCUT2D eigenvalue weighted by Crippen LogP contribution is -2.30. The van der Waals surface area contributed by atoms with Gasteiger partial charge < -0.3 is 9.84 Å². The summed E-state index contributed by atoms with van der Waals surface area (Å²) >= 11 is 0. The molecule has 1 aromatic carbocycles. The smallest absolute Gasteiger partial charge is 0.338 e. The quantitative estimate of drug-likeness (QED) is 0.734. The van der Waals surface area contributed by atoms with Crippen LogP contribution in [0.25, 0.3) is 0 Å². The van der Waals surface area contributed by atoms with Crippen molar-refractivity contribution in [3.8, 4) is 0 Å². The Kier molecular flexibility index (Phi) is 6.37. The van der Waals surface area contributed by atoms with Gasteiger partial charge in [-0.3, -0.25) is 9.69 Å². The molecule has 1 aromatic heterocycles. The maximum absolute atomic E-state index is 12.8. The minimum atomic E-state index is -4.83. The van der Waals surface area contributed by atoms with Crippen LogP contribution in [-0.2, 0) is 27.6 Å². The summed E-state index contributed by atoms with van der Waals surface area (Å²) in [6.45, 7) is 1.95. The number of hydrogen-bond acceptors (Lipinski definition) is 7. The van der Waals surface area contributed by atoms with Crippen molar-refractivity contribution in [1.82, 2.24) is 15.0 Å². The lowest BCUT2D eigenvalue weighted by Gasteiger charge is -2.15. The molecule has 0 fully saturated rings. The molecule has 2 rings (SSSR count). The van der Waals surface area contributed by atoms with Gasteiger partial charge in [0, 0.05) is 6.42 Å². The van der Waals surface area contributed by atoms with Gasteiger partial charge in [0.1, 0.15) is 0 Å². The van der Waals surface area contributed by atoms with Gasteiger partial charge in [-0.1, -0.05) is 24.2 Å². The highest BCUT2D eigenvalue weighted by atomic mass is 32.2. The van der Waals surface area contributed by atoms with Gasteiger partial charge in [0.05, 0.1) is 23.7 Å². The average molecular weight is 388 g/mol. The van der Waals surface area contributed by atoms with E-state index in [2.05, 4.69) is 15.5 Å². The number of sulfone groups is 1. The summed E-state index contributed by atoms with van der Waals surface area (Å²) < 4.78 is 53.9. The molecule has 0 aliphatic rings. The molecule has 0 radical (unpaired) electrons. The molecular weight excluding hydrogens is 370 g/mol. The number of carbonyl (C=O) groups excluding carboxylic acids is 1. The predicted octanol–water partition coefficient (Wildman–Crippen LogP) is 1.70. The number of hydrogen-bond donors (Lipinski definition) is 1. The first kappa shape index (κ1) is 19.9. The van der Waals surface area contributed by atoms with Crippen molar-refractivity contribution in [3.05, 3.63) is 36.0 Å². The maximum Gasteiger partial charge on any atom is 0.341 e. The van der Waals surface area contributed by atoms with Crippen LogP contribution in [0.5, 0.6) is 0 Å². The number of benzene rings is 1. The van der Waals surface area contributed by atoms with Crippen molar-refractivity contribution in [2.75, 3.05) is 18.9 Å². The van der Waals surface area contributed by atoms with Crippen LogP contribution in [0.2, 0.25) is 0 Å². The van der Waals surface area contributed by atoms with Crippen molar-refractivity contribution < 1.29 is 26.5 Å². The lowest BCUT2D eigenvalue weighted by molar-refractivity contribution is -0.117. The summed E-state index contributed by atoms with van der Waals surface area (Å²) in [5, 5.41) is 6.08. The minimum Gasteiger partial charge on any atom is -0.338 e. The lowest BCUT2D eigenvalue weighted by atomic mass is 10.3. The fourth-order valence-corrected chi connectivity index (χ4v) is 3.02. The number of rotatable bonds is 8. The number of carbonyl (C=O) groups is 1. The molecule has 0 aliphatic heterocycles. The van der Waals surface area contributed by atoms with E-state index in [-0.39, 0.29) is 18.8 Å². The summed E-state index contributed by atoms with van der Waals surface area (Å²) in [4.78, 5) is 17.2. The molecule has 11 heteroatoms. The molecule has 0 bridgehead atoms. The molecule has 1 amide bonds. The van der Waals surface area contributed by atoms with Crippen molar-refractivity contribution in [2.24, 2.45) is 0 Å². The highest BCUT2D eigenvalue weighted by Crippen LogP contribution is 2.26. The van der Waals surface area contributed by atoms with Crippen LogP contribution in [0, 0.1) is 0 Å². The predicted molar refractivity (Wildman–Crippen MR) is 88.3 cm³/mol. The van der Waals surface area contributed by atoms with Crippen LogP contribution in [0.1, 0.15) is 18.6 Å². The number of aromatic nitrogens is 2. The number of alkyl halides is 2. The van der Waals surface area contributed by atoms with E-state index >= 15 is 0 Å². The van der Waals surface area contributed by atoms with Crippen molar-refractivity contribution in [1.29, 1.82) is 0 Å². The van der Waals surface area contributed by atoms with Crippen LogP contribution in [-0.4, -0.2) is 48.7 Å². The molecule has 0 spiro atoms. The average Bonchev–Trinajstić information content (AvgIpc) is 3.02. The van der Waals surface area contributed by atoms with E-state index in [1.165, 1.54) is 18.2 Å². The number of para-hydroxylation sites is 1. The number of amides is 1. The zero-order valence-electron chi connectivity index (χ0n) is 14.1. The Morgan fingerprint density at radius 2 is 2.04 bits per heavy atom. The van der Waals surface area contributed by atoms with Gasteiger partial charge in [-0.2, -0.15) is 13.8 Å². The second-order valence-electron chi connectivity index (χ2n) is 5.48. The number of anilines is 1. The molecule has 0 saturated heterocycles. The topological polar surface area (TPSA) is 105 Å². The minimum absolute atomic E-state index is 0.132. The summed E-state index contributed by atoms with van der Waals surface area (Å²) in [6, 6.07) is 5.01. The monoisotopic (exact) mass is 388 g/mol. The number of nitrogens with zero attached hydrogens (tertiary/aromatic N) is 3. The standard InChI is InChI=1S/C15H18F2N4O4S/c1-3-12-19-14(25-20-12)9-21(2)8-13(22)18-10-6-4-5-7-11(10)26(23,24)15(16)17/h4-7,15H,3,8-9H2,1-2H3,(H,18,22). The summed E-state index contributed by atoms with van der Waals surface area (Å²) in [6.07, 6.45) is 0.614. The van der Waals surface area contributed by atoms with Crippen molar-refractivity contribution in [2.45, 2.75) is 30.5 Å². The number of halogens is 2. The first-order valence-corrected chi connectivity index (χ1v) is 9.19. The second-order valence-corrected chi connectivity index (χ2v) is 7.37. The number of nitrogens with one attached hydrogen (secondary N) is 1. The Bertz CT molecular complexity index is 870. The van der Waals surface area contributed by atoms with Crippen molar-refractivity contribution in [3.63, 3.8) is 0 Å². The Balaban J connectivity index is 2.04. The maximum atomic E-state index is 12.8. The largest absolute Gasteiger partial charge is 0.341 e. The molecule has 1 heterocycles. The van der Waals surface area contributed by atoms with Gasteiger partial charge in [0.25, 0.3) is 0 Å². The van der Waals surface area contributed by atoms with Gasteiger partial charge in [-0.25, -0.2) is 8.42 Å². The normalized spacial score (nSPS) is 11.9. The Morgan fingerprint density at radius 1 is 1.35 bits per heavy atom. The van der Waals surface area contributed by atoms with Gasteiger partial charge in [-0.05, 0) is 19.2 Å². The number of likely N-dealkylation sites (N-methyl/N-ethyl adjacent to an activating group) is 1. The van der Waals surface area contributed by atoms with Gasteiger partial charge in [0.15, 0.2) is 5.82 Å². The molecule has 0 saturated carbocycles. The van der Waals surface area contributed by atoms with E-state index < -0.39 is 26.4 Å². The molecular formula is C15H18F2N4O4S. The molecule has 0 aliphatic carbocycles. The molecule has 26 heavy (non-hydrogen) atoms. The first-order valence-electron chi connectivity index (χ1n) is 7.65. The molecule has 2 aromatic rings. The zero-order valence-corrected chi connectivity index (χ0v) is 15.0. The second kappa shape index (κ2) is 8.32. The third-order valence-corrected chi connectivity index (χ3v) is 4.79. The van der Waals surface area contributed by atoms with Gasteiger partial charge in [0.2, 0.25) is 21.6 Å². The van der Waals surface area contributed by atoms with Gasteiger partial charge in [-0.15, -0.1) is 0 Å². The molecule has 0 atom stereocenters. The summed E-state index contributed by atoms with van der Waals surface area (Å²) in [5.41, 5.74) is -0.197. The molecule has 0 unspecified atom stereocenters. The Hall–Kier alpha value is -2.40. The Morgan fingerprint density at radius 3 is 2.65 bits per heavy atom. The summed E-state index contributed by atoms with van der Waals surface area (Å²) in [7, 11) is -3.20. The highest BCUT2D eigenvalue weighted by molar-refractivity contribution is 7.91. The van der Waals surface area contributed by atoms with E-state index in [9.17, 15) is 22.0 Å². The SMILES string of the molecule is CCc1noc(CN(C)CC(=O)Nc2ccccc2S(=O)(=O)C(F)F)n1. The summed E-state index contributed by atoms with van der Waals surface area (Å²) in [5.74, 6) is -3.27. The van der Waals surface area contributed by atoms with E-state index in [4.69, 9.17) is 4.52 Å². The van der Waals surface area contributed by atoms with Crippen LogP contribution < -0.4 is 5.32 Å². The van der Waals surface area contributed by atoms with Crippen LogP contribution in [0.3, 0.4) is 0 Å². The highest BCUT2D eigenvalue weighted by Gasteiger charge is 2.29. The van der Waals surface area contributed by atoms with E-state index in [0.29, 0.717) is 18.1 Å². The third kappa shape index (κ3) is 4.82. The van der Waals surface area contributed by atoms with Gasteiger partial charge >= 0.3 is 5.76 Å². The first-order chi connectivity index (χ1) is 12.2. The van der Waals surface area contributed by atoms with E-state index in [1.807, 2.05) is 6.92 Å². The number of aryl methyl sites for hydroxylation is 1. The van der Waals surface area contributed by atoms with Crippen LogP contribution in [0.15, 0.2) is 33.7 Å². The molecule has 8 nitrogen and oxygen atoms in total. The van der Waals surface area contributed by atoms with E-state index in [1.54, 1.807) is 11.9 Å². The van der Waals surface area contributed by atoms with E-state index in [0.717, 1.165) is 6.07 Å².